The summed E-state index contributed by atoms with van der Waals surface area (Å²) in [6, 6.07) is 1.42. The summed E-state index contributed by atoms with van der Waals surface area (Å²) in [5.74, 6) is 0.936. The lowest BCUT2D eigenvalue weighted by Crippen LogP contribution is -2.43. The lowest BCUT2D eigenvalue weighted by Gasteiger charge is -2.32. The summed E-state index contributed by atoms with van der Waals surface area (Å²) in [4.78, 5) is 14.7. The monoisotopic (exact) mass is 347 g/mol. The lowest BCUT2D eigenvalue weighted by molar-refractivity contribution is -0.0110. The third-order valence-electron chi connectivity index (χ3n) is 4.23. The van der Waals surface area contributed by atoms with Gasteiger partial charge in [0.15, 0.2) is 0 Å². The number of amides is 1. The second-order valence-electron chi connectivity index (χ2n) is 7.64. The second-order valence-corrected chi connectivity index (χ2v) is 7.64. The van der Waals surface area contributed by atoms with Gasteiger partial charge < -0.3 is 14.1 Å². The van der Waals surface area contributed by atoms with Crippen LogP contribution in [0.5, 0.6) is 0 Å². The van der Waals surface area contributed by atoms with Crippen LogP contribution in [0.3, 0.4) is 0 Å². The van der Waals surface area contributed by atoms with E-state index in [-0.39, 0.29) is 17.2 Å². The molecule has 1 amide bonds. The van der Waals surface area contributed by atoms with E-state index in [2.05, 4.69) is 41.2 Å². The Morgan fingerprint density at radius 3 is 2.72 bits per heavy atom. The first kappa shape index (κ1) is 17.6. The summed E-state index contributed by atoms with van der Waals surface area (Å²) in [6.07, 6.45) is 0. The fourth-order valence-electron chi connectivity index (χ4n) is 2.63. The van der Waals surface area contributed by atoms with Crippen molar-refractivity contribution in [3.8, 4) is 0 Å². The number of morpholine rings is 1. The molecule has 1 saturated heterocycles. The summed E-state index contributed by atoms with van der Waals surface area (Å²) in [5.41, 5.74) is 1.20. The zero-order chi connectivity index (χ0) is 18.2. The van der Waals surface area contributed by atoms with Crippen LogP contribution in [0.15, 0.2) is 10.5 Å². The van der Waals surface area contributed by atoms with Gasteiger partial charge in [-0.25, -0.2) is 0 Å². The van der Waals surface area contributed by atoms with Gasteiger partial charge in [-0.2, -0.15) is 5.10 Å². The highest BCUT2D eigenvalue weighted by molar-refractivity contribution is 5.92. The maximum absolute atomic E-state index is 13.0. The number of aromatic amines is 1. The van der Waals surface area contributed by atoms with Crippen molar-refractivity contribution in [1.29, 1.82) is 0 Å². The van der Waals surface area contributed by atoms with Gasteiger partial charge in [0.05, 0.1) is 13.2 Å². The Kier molecular flexibility index (Phi) is 4.64. The van der Waals surface area contributed by atoms with Crippen LogP contribution < -0.4 is 0 Å². The van der Waals surface area contributed by atoms with Crippen LogP contribution in [0.2, 0.25) is 0 Å². The molecule has 2 aromatic rings. The SMILES string of the molecule is CC(C)c1nnc([C@H]2COCCN2C(=O)c2cc(C(C)(C)C)[nH]n2)o1. The number of hydrogen-bond acceptors (Lipinski definition) is 6. The first-order valence-corrected chi connectivity index (χ1v) is 8.55. The number of ether oxygens (including phenoxy) is 1. The lowest BCUT2D eigenvalue weighted by atomic mass is 9.92. The summed E-state index contributed by atoms with van der Waals surface area (Å²) < 4.78 is 11.3. The van der Waals surface area contributed by atoms with Crippen molar-refractivity contribution in [1.82, 2.24) is 25.3 Å². The average molecular weight is 347 g/mol. The van der Waals surface area contributed by atoms with Crippen LogP contribution in [-0.2, 0) is 10.2 Å². The number of aromatic nitrogens is 4. The number of nitrogens with zero attached hydrogens (tertiary/aromatic N) is 4. The zero-order valence-electron chi connectivity index (χ0n) is 15.4. The molecule has 136 valence electrons. The van der Waals surface area contributed by atoms with Gasteiger partial charge in [-0.15, -0.1) is 10.2 Å². The summed E-state index contributed by atoms with van der Waals surface area (Å²) >= 11 is 0. The molecule has 0 saturated carbocycles. The van der Waals surface area contributed by atoms with Crippen molar-refractivity contribution >= 4 is 5.91 Å². The Balaban J connectivity index is 1.85. The normalized spacial score (nSPS) is 18.8. The van der Waals surface area contributed by atoms with E-state index in [1.807, 2.05) is 19.9 Å². The predicted molar refractivity (Wildman–Crippen MR) is 90.3 cm³/mol. The van der Waals surface area contributed by atoms with Crippen LogP contribution in [0.4, 0.5) is 0 Å². The smallest absolute Gasteiger partial charge is 0.275 e. The van der Waals surface area contributed by atoms with Crippen molar-refractivity contribution in [2.45, 2.75) is 52.0 Å². The van der Waals surface area contributed by atoms with Crippen molar-refractivity contribution in [2.75, 3.05) is 19.8 Å². The molecule has 0 bridgehead atoms. The van der Waals surface area contributed by atoms with Crippen LogP contribution in [0, 0.1) is 0 Å². The molecule has 0 unspecified atom stereocenters. The molecule has 3 rings (SSSR count). The Hall–Kier alpha value is -2.22. The van der Waals surface area contributed by atoms with Gasteiger partial charge in [-0.05, 0) is 6.07 Å². The van der Waals surface area contributed by atoms with Gasteiger partial charge in [-0.1, -0.05) is 34.6 Å². The Bertz CT molecular complexity index is 744. The van der Waals surface area contributed by atoms with Crippen molar-refractivity contribution in [3.63, 3.8) is 0 Å². The molecular weight excluding hydrogens is 322 g/mol. The minimum absolute atomic E-state index is 0.103. The van der Waals surface area contributed by atoms with Crippen molar-refractivity contribution in [2.24, 2.45) is 0 Å². The summed E-state index contributed by atoms with van der Waals surface area (Å²) in [7, 11) is 0. The number of carbonyl (C=O) groups excluding carboxylic acids is 1. The van der Waals surface area contributed by atoms with E-state index >= 15 is 0 Å². The molecule has 2 aromatic heterocycles. The molecule has 1 fully saturated rings. The zero-order valence-corrected chi connectivity index (χ0v) is 15.4. The van der Waals surface area contributed by atoms with Crippen LogP contribution in [0.25, 0.3) is 0 Å². The second kappa shape index (κ2) is 6.59. The maximum atomic E-state index is 13.0. The first-order chi connectivity index (χ1) is 11.8. The predicted octanol–water partition coefficient (Wildman–Crippen LogP) is 2.43. The van der Waals surface area contributed by atoms with Crippen LogP contribution in [-0.4, -0.2) is 51.0 Å². The molecule has 1 N–H and O–H groups in total. The Morgan fingerprint density at radius 2 is 2.12 bits per heavy atom. The largest absolute Gasteiger partial charge is 0.423 e. The number of hydrogen-bond donors (Lipinski definition) is 1. The highest BCUT2D eigenvalue weighted by Gasteiger charge is 2.34. The summed E-state index contributed by atoms with van der Waals surface area (Å²) in [5, 5.41) is 15.3. The van der Waals surface area contributed by atoms with Crippen LogP contribution in [0.1, 0.15) is 74.5 Å². The van der Waals surface area contributed by atoms with Gasteiger partial charge in [0.25, 0.3) is 5.91 Å². The minimum atomic E-state index is -0.393. The molecule has 8 nitrogen and oxygen atoms in total. The molecule has 1 aliphatic heterocycles. The van der Waals surface area contributed by atoms with Gasteiger partial charge in [0, 0.05) is 23.6 Å². The van der Waals surface area contributed by atoms with Gasteiger partial charge in [0.2, 0.25) is 11.8 Å². The molecule has 0 aliphatic carbocycles. The highest BCUT2D eigenvalue weighted by atomic mass is 16.5. The number of nitrogens with one attached hydrogen (secondary N) is 1. The molecule has 1 atom stereocenters. The van der Waals surface area contributed by atoms with E-state index in [0.29, 0.717) is 37.2 Å². The average Bonchev–Trinajstić information content (AvgIpc) is 3.23. The molecule has 0 aromatic carbocycles. The van der Waals surface area contributed by atoms with Gasteiger partial charge in [0.1, 0.15) is 11.7 Å². The number of carbonyl (C=O) groups is 1. The Morgan fingerprint density at radius 1 is 1.36 bits per heavy atom. The van der Waals surface area contributed by atoms with Gasteiger partial charge >= 0.3 is 0 Å². The first-order valence-electron chi connectivity index (χ1n) is 8.55. The van der Waals surface area contributed by atoms with E-state index in [4.69, 9.17) is 9.15 Å². The van der Waals surface area contributed by atoms with Crippen LogP contribution >= 0.6 is 0 Å². The molecule has 3 heterocycles. The maximum Gasteiger partial charge on any atom is 0.275 e. The standard InChI is InChI=1S/C17H25N5O3/c1-10(2)14-20-21-15(25-14)12-9-24-7-6-22(12)16(23)11-8-13(19-18-11)17(3,4)5/h8,10,12H,6-7,9H2,1-5H3,(H,18,19)/t12-/m1/s1. The van der Waals surface area contributed by atoms with E-state index < -0.39 is 6.04 Å². The van der Waals surface area contributed by atoms with E-state index in [1.54, 1.807) is 4.90 Å². The van der Waals surface area contributed by atoms with E-state index in [0.717, 1.165) is 5.69 Å². The molecule has 0 radical (unpaired) electrons. The molecular formula is C17H25N5O3. The quantitative estimate of drug-likeness (QED) is 0.916. The fourth-order valence-corrected chi connectivity index (χ4v) is 2.63. The summed E-state index contributed by atoms with van der Waals surface area (Å²) in [6.45, 7) is 11.4. The number of rotatable bonds is 3. The molecule has 0 spiro atoms. The van der Waals surface area contributed by atoms with Crippen molar-refractivity contribution in [3.05, 3.63) is 29.2 Å². The van der Waals surface area contributed by atoms with Crippen molar-refractivity contribution < 1.29 is 13.9 Å². The molecule has 1 aliphatic rings. The van der Waals surface area contributed by atoms with Gasteiger partial charge in [-0.3, -0.25) is 9.89 Å². The Labute approximate surface area is 146 Å². The third-order valence-corrected chi connectivity index (χ3v) is 4.23. The molecule has 8 heteroatoms. The third kappa shape index (κ3) is 3.58. The van der Waals surface area contributed by atoms with E-state index in [9.17, 15) is 4.79 Å². The minimum Gasteiger partial charge on any atom is -0.423 e. The highest BCUT2D eigenvalue weighted by Crippen LogP contribution is 2.27. The van der Waals surface area contributed by atoms with E-state index in [1.165, 1.54) is 0 Å². The topological polar surface area (TPSA) is 97.1 Å². The fraction of sp³-hybridized carbons (Fsp3) is 0.647. The molecule has 25 heavy (non-hydrogen) atoms. The number of H-pyrrole nitrogens is 1.